The molecule has 0 saturated carbocycles. The third-order valence-corrected chi connectivity index (χ3v) is 3.59. The number of nitrogens with zero attached hydrogens (tertiary/aromatic N) is 1. The standard InChI is InChI=1S/C15H22N2O2/c1-3-5-13(16)15(18)17-9-4-6-11-10-12(19-2)7-8-14(11)17/h7-8,10,13H,3-6,9,16H2,1-2H3/t13-/m1/s1. The van der Waals surface area contributed by atoms with Crippen LogP contribution in [0.3, 0.4) is 0 Å². The number of aryl methyl sites for hydroxylation is 1. The number of anilines is 1. The predicted molar refractivity (Wildman–Crippen MR) is 76.6 cm³/mol. The summed E-state index contributed by atoms with van der Waals surface area (Å²) >= 11 is 0. The smallest absolute Gasteiger partial charge is 0.243 e. The predicted octanol–water partition coefficient (Wildman–Crippen LogP) is 2.10. The number of carbonyl (C=O) groups excluding carboxylic acids is 1. The van der Waals surface area contributed by atoms with Gasteiger partial charge in [-0.15, -0.1) is 0 Å². The van der Waals surface area contributed by atoms with E-state index in [2.05, 4.69) is 0 Å². The number of methoxy groups -OCH3 is 1. The number of rotatable bonds is 4. The zero-order chi connectivity index (χ0) is 13.8. The topological polar surface area (TPSA) is 55.6 Å². The van der Waals surface area contributed by atoms with Crippen LogP contribution in [-0.2, 0) is 11.2 Å². The van der Waals surface area contributed by atoms with Crippen LogP contribution in [0.2, 0.25) is 0 Å². The molecule has 104 valence electrons. The average Bonchev–Trinajstić information content (AvgIpc) is 2.45. The second-order valence-corrected chi connectivity index (χ2v) is 4.98. The van der Waals surface area contributed by atoms with E-state index in [-0.39, 0.29) is 5.91 Å². The molecule has 0 radical (unpaired) electrons. The Labute approximate surface area is 114 Å². The molecule has 0 aliphatic carbocycles. The average molecular weight is 262 g/mol. The molecule has 2 rings (SSSR count). The van der Waals surface area contributed by atoms with E-state index in [1.807, 2.05) is 30.0 Å². The molecule has 0 saturated heterocycles. The summed E-state index contributed by atoms with van der Waals surface area (Å²) in [5.41, 5.74) is 8.11. The van der Waals surface area contributed by atoms with Gasteiger partial charge < -0.3 is 15.4 Å². The van der Waals surface area contributed by atoms with Crippen molar-refractivity contribution < 1.29 is 9.53 Å². The molecule has 0 spiro atoms. The summed E-state index contributed by atoms with van der Waals surface area (Å²) in [6.45, 7) is 2.80. The fourth-order valence-corrected chi connectivity index (χ4v) is 2.56. The molecule has 4 nitrogen and oxygen atoms in total. The van der Waals surface area contributed by atoms with Gasteiger partial charge in [0.25, 0.3) is 0 Å². The summed E-state index contributed by atoms with van der Waals surface area (Å²) < 4.78 is 5.23. The van der Waals surface area contributed by atoms with Crippen LogP contribution in [0.25, 0.3) is 0 Å². The molecule has 1 heterocycles. The molecule has 0 bridgehead atoms. The van der Waals surface area contributed by atoms with Gasteiger partial charge in [-0.25, -0.2) is 0 Å². The second kappa shape index (κ2) is 6.06. The Morgan fingerprint density at radius 3 is 3.00 bits per heavy atom. The molecule has 4 heteroatoms. The minimum atomic E-state index is -0.391. The Balaban J connectivity index is 2.24. The lowest BCUT2D eigenvalue weighted by Gasteiger charge is -2.31. The number of hydrogen-bond donors (Lipinski definition) is 1. The van der Waals surface area contributed by atoms with Crippen molar-refractivity contribution in [2.45, 2.75) is 38.6 Å². The number of ether oxygens (including phenoxy) is 1. The number of amides is 1. The van der Waals surface area contributed by atoms with Crippen molar-refractivity contribution in [2.75, 3.05) is 18.6 Å². The summed E-state index contributed by atoms with van der Waals surface area (Å²) in [5.74, 6) is 0.874. The third-order valence-electron chi connectivity index (χ3n) is 3.59. The van der Waals surface area contributed by atoms with E-state index in [4.69, 9.17) is 10.5 Å². The minimum Gasteiger partial charge on any atom is -0.497 e. The first-order chi connectivity index (χ1) is 9.17. The number of hydrogen-bond acceptors (Lipinski definition) is 3. The zero-order valence-electron chi connectivity index (χ0n) is 11.7. The Morgan fingerprint density at radius 1 is 1.53 bits per heavy atom. The van der Waals surface area contributed by atoms with Crippen molar-refractivity contribution in [2.24, 2.45) is 5.73 Å². The Bertz CT molecular complexity index is 459. The molecule has 0 aromatic heterocycles. The van der Waals surface area contributed by atoms with Crippen molar-refractivity contribution in [1.82, 2.24) is 0 Å². The quantitative estimate of drug-likeness (QED) is 0.904. The number of carbonyl (C=O) groups is 1. The largest absolute Gasteiger partial charge is 0.497 e. The molecule has 2 N–H and O–H groups in total. The van der Waals surface area contributed by atoms with Crippen LogP contribution in [0.1, 0.15) is 31.7 Å². The molecular weight excluding hydrogens is 240 g/mol. The fraction of sp³-hybridized carbons (Fsp3) is 0.533. The molecule has 19 heavy (non-hydrogen) atoms. The van der Waals surface area contributed by atoms with Crippen LogP contribution < -0.4 is 15.4 Å². The molecule has 1 amide bonds. The first-order valence-electron chi connectivity index (χ1n) is 6.91. The Kier molecular flexibility index (Phi) is 4.43. The highest BCUT2D eigenvalue weighted by molar-refractivity contribution is 5.98. The highest BCUT2D eigenvalue weighted by atomic mass is 16.5. The number of benzene rings is 1. The lowest BCUT2D eigenvalue weighted by atomic mass is 10.00. The molecule has 1 aromatic rings. The van der Waals surface area contributed by atoms with Crippen molar-refractivity contribution in [3.63, 3.8) is 0 Å². The van der Waals surface area contributed by atoms with E-state index in [1.165, 1.54) is 5.56 Å². The maximum atomic E-state index is 12.4. The van der Waals surface area contributed by atoms with Gasteiger partial charge in [0.15, 0.2) is 0 Å². The summed E-state index contributed by atoms with van der Waals surface area (Å²) in [6, 6.07) is 5.48. The molecule has 0 fully saturated rings. The molecule has 1 aliphatic rings. The minimum absolute atomic E-state index is 0.0352. The lowest BCUT2D eigenvalue weighted by Crippen LogP contribution is -2.46. The van der Waals surface area contributed by atoms with E-state index < -0.39 is 6.04 Å². The molecule has 1 aliphatic heterocycles. The van der Waals surface area contributed by atoms with Gasteiger partial charge in [-0.3, -0.25) is 4.79 Å². The molecular formula is C15H22N2O2. The molecule has 0 unspecified atom stereocenters. The fourth-order valence-electron chi connectivity index (χ4n) is 2.56. The Hall–Kier alpha value is -1.55. The van der Waals surface area contributed by atoms with Gasteiger partial charge in [0.05, 0.1) is 13.2 Å². The van der Waals surface area contributed by atoms with E-state index >= 15 is 0 Å². The SMILES string of the molecule is CCC[C@@H](N)C(=O)N1CCCc2cc(OC)ccc21. The van der Waals surface area contributed by atoms with E-state index in [1.54, 1.807) is 7.11 Å². The Morgan fingerprint density at radius 2 is 2.32 bits per heavy atom. The van der Waals surface area contributed by atoms with Crippen LogP contribution in [0.5, 0.6) is 5.75 Å². The summed E-state index contributed by atoms with van der Waals surface area (Å²) in [5, 5.41) is 0. The third kappa shape index (κ3) is 2.89. The monoisotopic (exact) mass is 262 g/mol. The lowest BCUT2D eigenvalue weighted by molar-refractivity contribution is -0.120. The highest BCUT2D eigenvalue weighted by Crippen LogP contribution is 2.30. The van der Waals surface area contributed by atoms with E-state index in [9.17, 15) is 4.79 Å². The normalized spacial score (nSPS) is 15.8. The van der Waals surface area contributed by atoms with Crippen LogP contribution in [0, 0.1) is 0 Å². The van der Waals surface area contributed by atoms with Gasteiger partial charge in [0, 0.05) is 12.2 Å². The van der Waals surface area contributed by atoms with Crippen LogP contribution in [0.15, 0.2) is 18.2 Å². The summed E-state index contributed by atoms with van der Waals surface area (Å²) in [7, 11) is 1.66. The number of nitrogens with two attached hydrogens (primary N) is 1. The first kappa shape index (κ1) is 13.9. The van der Waals surface area contributed by atoms with E-state index in [0.29, 0.717) is 0 Å². The van der Waals surface area contributed by atoms with Gasteiger partial charge in [-0.2, -0.15) is 0 Å². The van der Waals surface area contributed by atoms with Gasteiger partial charge >= 0.3 is 0 Å². The van der Waals surface area contributed by atoms with Crippen molar-refractivity contribution in [1.29, 1.82) is 0 Å². The van der Waals surface area contributed by atoms with Gasteiger partial charge in [-0.05, 0) is 43.0 Å². The van der Waals surface area contributed by atoms with Crippen LogP contribution in [0.4, 0.5) is 5.69 Å². The molecule has 1 atom stereocenters. The highest BCUT2D eigenvalue weighted by Gasteiger charge is 2.26. The van der Waals surface area contributed by atoms with Gasteiger partial charge in [0.2, 0.25) is 5.91 Å². The van der Waals surface area contributed by atoms with Crippen molar-refractivity contribution in [3.05, 3.63) is 23.8 Å². The number of fused-ring (bicyclic) bond motifs is 1. The van der Waals surface area contributed by atoms with Crippen LogP contribution in [-0.4, -0.2) is 25.6 Å². The van der Waals surface area contributed by atoms with Crippen molar-refractivity contribution in [3.8, 4) is 5.75 Å². The van der Waals surface area contributed by atoms with Crippen LogP contribution >= 0.6 is 0 Å². The summed E-state index contributed by atoms with van der Waals surface area (Å²) in [4.78, 5) is 14.2. The van der Waals surface area contributed by atoms with Gasteiger partial charge in [-0.1, -0.05) is 13.3 Å². The second-order valence-electron chi connectivity index (χ2n) is 4.98. The molecule has 1 aromatic carbocycles. The zero-order valence-corrected chi connectivity index (χ0v) is 11.7. The van der Waals surface area contributed by atoms with Gasteiger partial charge in [0.1, 0.15) is 5.75 Å². The first-order valence-corrected chi connectivity index (χ1v) is 6.91. The van der Waals surface area contributed by atoms with E-state index in [0.717, 1.165) is 43.7 Å². The maximum Gasteiger partial charge on any atom is 0.243 e. The van der Waals surface area contributed by atoms with Crippen molar-refractivity contribution >= 4 is 11.6 Å². The summed E-state index contributed by atoms with van der Waals surface area (Å²) in [6.07, 6.45) is 3.63. The maximum absolute atomic E-state index is 12.4.